The lowest BCUT2D eigenvalue weighted by atomic mass is 10.1. The molecule has 4 rings (SSSR count). The Morgan fingerprint density at radius 1 is 1.30 bits per heavy atom. The fourth-order valence-electron chi connectivity index (χ4n) is 3.80. The number of hydrogen-bond donors (Lipinski definition) is 1. The molecule has 1 atom stereocenters. The fraction of sp³-hybridized carbons (Fsp3) is 0.429. The molecule has 1 aliphatic rings. The Hall–Kier alpha value is -2.52. The van der Waals surface area contributed by atoms with Gasteiger partial charge in [-0.15, -0.1) is 22.7 Å². The molecule has 0 unspecified atom stereocenters. The second-order valence-electron chi connectivity index (χ2n) is 7.37. The van der Waals surface area contributed by atoms with Gasteiger partial charge in [0.15, 0.2) is 0 Å². The molecule has 0 spiro atoms. The van der Waals surface area contributed by atoms with E-state index in [1.165, 1.54) is 16.2 Å². The first kappa shape index (κ1) is 20.7. The van der Waals surface area contributed by atoms with Crippen molar-refractivity contribution < 1.29 is 9.59 Å². The predicted octanol–water partition coefficient (Wildman–Crippen LogP) is 3.93. The lowest BCUT2D eigenvalue weighted by molar-refractivity contribution is -0.118. The normalized spacial score (nSPS) is 15.8. The first-order valence-electron chi connectivity index (χ1n) is 10.1. The molecule has 7 nitrogen and oxygen atoms in total. The number of nitrogens with zero attached hydrogens (tertiary/aromatic N) is 4. The summed E-state index contributed by atoms with van der Waals surface area (Å²) in [5.74, 6) is 0.788. The molecule has 0 radical (unpaired) electrons. The number of nitrogens with one attached hydrogen (secondary N) is 1. The lowest BCUT2D eigenvalue weighted by Crippen LogP contribution is -2.34. The molecule has 158 valence electrons. The summed E-state index contributed by atoms with van der Waals surface area (Å²) in [4.78, 5) is 39.7. The monoisotopic (exact) mass is 443 g/mol. The van der Waals surface area contributed by atoms with Gasteiger partial charge >= 0.3 is 0 Å². The molecule has 3 aromatic rings. The van der Waals surface area contributed by atoms with Crippen LogP contribution in [0.15, 0.2) is 23.8 Å². The number of rotatable bonds is 6. The highest BCUT2D eigenvalue weighted by atomic mass is 32.1. The molecule has 3 aromatic heterocycles. The summed E-state index contributed by atoms with van der Waals surface area (Å²) >= 11 is 3.15. The Labute approximate surface area is 183 Å². The minimum absolute atomic E-state index is 0.0134. The summed E-state index contributed by atoms with van der Waals surface area (Å²) in [5.41, 5.74) is 0.917. The van der Waals surface area contributed by atoms with Crippen molar-refractivity contribution >= 4 is 51.0 Å². The van der Waals surface area contributed by atoms with E-state index < -0.39 is 0 Å². The van der Waals surface area contributed by atoms with Crippen molar-refractivity contribution in [1.82, 2.24) is 19.8 Å². The van der Waals surface area contributed by atoms with Crippen molar-refractivity contribution in [2.75, 3.05) is 31.5 Å². The van der Waals surface area contributed by atoms with E-state index in [0.29, 0.717) is 31.1 Å². The van der Waals surface area contributed by atoms with E-state index in [1.807, 2.05) is 11.8 Å². The second kappa shape index (κ2) is 9.09. The SMILES string of the molecule is CC[C@H](Nc1ncnc2sc(C(=O)N3CCCN(C=O)CC3)c(C)c12)c1cccs1. The van der Waals surface area contributed by atoms with Crippen molar-refractivity contribution in [3.05, 3.63) is 39.2 Å². The highest BCUT2D eigenvalue weighted by molar-refractivity contribution is 7.20. The van der Waals surface area contributed by atoms with Crippen LogP contribution in [-0.2, 0) is 4.79 Å². The van der Waals surface area contributed by atoms with E-state index in [4.69, 9.17) is 0 Å². The molecule has 0 bridgehead atoms. The summed E-state index contributed by atoms with van der Waals surface area (Å²) < 4.78 is 0. The molecule has 2 amide bonds. The topological polar surface area (TPSA) is 78.4 Å². The molecule has 0 aromatic carbocycles. The van der Waals surface area contributed by atoms with E-state index in [2.05, 4.69) is 39.7 Å². The van der Waals surface area contributed by atoms with Crippen LogP contribution in [-0.4, -0.2) is 58.3 Å². The third-order valence-electron chi connectivity index (χ3n) is 5.49. The zero-order valence-electron chi connectivity index (χ0n) is 17.1. The minimum atomic E-state index is 0.0134. The van der Waals surface area contributed by atoms with Crippen LogP contribution in [0.3, 0.4) is 0 Å². The Bertz CT molecular complexity index is 1030. The lowest BCUT2D eigenvalue weighted by Gasteiger charge is -2.20. The van der Waals surface area contributed by atoms with Gasteiger partial charge in [-0.05, 0) is 36.8 Å². The Kier molecular flexibility index (Phi) is 6.29. The molecule has 0 aliphatic carbocycles. The Morgan fingerprint density at radius 2 is 2.17 bits per heavy atom. The van der Waals surface area contributed by atoms with Gasteiger partial charge in [-0.25, -0.2) is 9.97 Å². The molecule has 1 saturated heterocycles. The standard InChI is InChI=1S/C21H25N5O2S2/c1-3-15(16-6-4-11-29-16)24-19-17-14(2)18(30-20(17)23-12-22-19)21(28)26-8-5-7-25(13-27)9-10-26/h4,6,11-13,15H,3,5,7-10H2,1-2H3,(H,22,23,24)/t15-/m0/s1. The van der Waals surface area contributed by atoms with Gasteiger partial charge in [-0.3, -0.25) is 9.59 Å². The highest BCUT2D eigenvalue weighted by Gasteiger charge is 2.26. The summed E-state index contributed by atoms with van der Waals surface area (Å²) in [5, 5.41) is 6.57. The zero-order valence-corrected chi connectivity index (χ0v) is 18.8. The number of amides is 2. The van der Waals surface area contributed by atoms with Crippen LogP contribution < -0.4 is 5.32 Å². The Balaban J connectivity index is 1.63. The minimum Gasteiger partial charge on any atom is -0.362 e. The van der Waals surface area contributed by atoms with Crippen LogP contribution in [0.25, 0.3) is 10.2 Å². The number of hydrogen-bond acceptors (Lipinski definition) is 7. The summed E-state index contributed by atoms with van der Waals surface area (Å²) in [6.45, 7) is 6.60. The maximum absolute atomic E-state index is 13.3. The second-order valence-corrected chi connectivity index (χ2v) is 9.34. The van der Waals surface area contributed by atoms with Crippen molar-refractivity contribution in [3.8, 4) is 0 Å². The van der Waals surface area contributed by atoms with Gasteiger partial charge in [0.25, 0.3) is 5.91 Å². The maximum Gasteiger partial charge on any atom is 0.264 e. The van der Waals surface area contributed by atoms with E-state index in [-0.39, 0.29) is 11.9 Å². The largest absolute Gasteiger partial charge is 0.362 e. The average Bonchev–Trinajstić information content (AvgIpc) is 3.34. The third-order valence-corrected chi connectivity index (χ3v) is 7.67. The van der Waals surface area contributed by atoms with E-state index >= 15 is 0 Å². The van der Waals surface area contributed by atoms with Gasteiger partial charge in [-0.1, -0.05) is 13.0 Å². The number of aromatic nitrogens is 2. The molecule has 0 saturated carbocycles. The number of anilines is 1. The number of thiophene rings is 2. The van der Waals surface area contributed by atoms with Gasteiger partial charge in [0.2, 0.25) is 6.41 Å². The van der Waals surface area contributed by atoms with Gasteiger partial charge < -0.3 is 15.1 Å². The summed E-state index contributed by atoms with van der Waals surface area (Å²) in [6.07, 6.45) is 4.15. The smallest absolute Gasteiger partial charge is 0.264 e. The van der Waals surface area contributed by atoms with E-state index in [9.17, 15) is 9.59 Å². The first-order chi connectivity index (χ1) is 14.6. The quantitative estimate of drug-likeness (QED) is 0.584. The van der Waals surface area contributed by atoms with Gasteiger partial charge in [-0.2, -0.15) is 0 Å². The van der Waals surface area contributed by atoms with Gasteiger partial charge in [0, 0.05) is 31.1 Å². The van der Waals surface area contributed by atoms with Crippen LogP contribution >= 0.6 is 22.7 Å². The van der Waals surface area contributed by atoms with Crippen LogP contribution in [0.2, 0.25) is 0 Å². The summed E-state index contributed by atoms with van der Waals surface area (Å²) in [6, 6.07) is 4.35. The van der Waals surface area contributed by atoms with Crippen LogP contribution in [0, 0.1) is 6.92 Å². The van der Waals surface area contributed by atoms with Gasteiger partial charge in [0.1, 0.15) is 17.0 Å². The third kappa shape index (κ3) is 4.04. The number of carbonyl (C=O) groups excluding carboxylic acids is 2. The number of aryl methyl sites for hydroxylation is 1. The molecule has 4 heterocycles. The highest BCUT2D eigenvalue weighted by Crippen LogP contribution is 2.36. The summed E-state index contributed by atoms with van der Waals surface area (Å²) in [7, 11) is 0. The number of carbonyl (C=O) groups is 2. The first-order valence-corrected chi connectivity index (χ1v) is 11.8. The van der Waals surface area contributed by atoms with Crippen LogP contribution in [0.5, 0.6) is 0 Å². The Morgan fingerprint density at radius 3 is 2.90 bits per heavy atom. The molecular formula is C21H25N5O2S2. The molecule has 30 heavy (non-hydrogen) atoms. The average molecular weight is 444 g/mol. The predicted molar refractivity (Wildman–Crippen MR) is 121 cm³/mol. The van der Waals surface area contributed by atoms with Crippen molar-refractivity contribution in [2.24, 2.45) is 0 Å². The molecule has 9 heteroatoms. The maximum atomic E-state index is 13.3. The molecule has 1 aliphatic heterocycles. The van der Waals surface area contributed by atoms with E-state index in [0.717, 1.165) is 40.8 Å². The van der Waals surface area contributed by atoms with Crippen LogP contribution in [0.4, 0.5) is 5.82 Å². The van der Waals surface area contributed by atoms with Crippen molar-refractivity contribution in [2.45, 2.75) is 32.7 Å². The number of fused-ring (bicyclic) bond motifs is 1. The van der Waals surface area contributed by atoms with E-state index in [1.54, 1.807) is 22.6 Å². The van der Waals surface area contributed by atoms with Crippen molar-refractivity contribution in [3.63, 3.8) is 0 Å². The van der Waals surface area contributed by atoms with Crippen LogP contribution in [0.1, 0.15) is 45.9 Å². The molecule has 1 fully saturated rings. The zero-order chi connectivity index (χ0) is 21.1. The van der Waals surface area contributed by atoms with Crippen molar-refractivity contribution in [1.29, 1.82) is 0 Å². The molecule has 1 N–H and O–H groups in total. The fourth-order valence-corrected chi connectivity index (χ4v) is 5.78. The molecular weight excluding hydrogens is 418 g/mol. The van der Waals surface area contributed by atoms with Gasteiger partial charge in [0.05, 0.1) is 16.3 Å².